The van der Waals surface area contributed by atoms with Gasteiger partial charge in [-0.3, -0.25) is 9.59 Å². The van der Waals surface area contributed by atoms with E-state index >= 15 is 0 Å². The lowest BCUT2D eigenvalue weighted by Crippen LogP contribution is -2.24. The molecule has 24 heavy (non-hydrogen) atoms. The highest BCUT2D eigenvalue weighted by Crippen LogP contribution is 2.31. The molecule has 0 unspecified atom stereocenters. The number of aromatic carboxylic acids is 1. The molecule has 1 aliphatic rings. The van der Waals surface area contributed by atoms with Crippen molar-refractivity contribution < 1.29 is 19.5 Å². The maximum atomic E-state index is 12.3. The summed E-state index contributed by atoms with van der Waals surface area (Å²) in [6.07, 6.45) is 0. The molecule has 1 heterocycles. The summed E-state index contributed by atoms with van der Waals surface area (Å²) in [5, 5.41) is 14.5. The smallest absolute Gasteiger partial charge is 0.335 e. The Bertz CT molecular complexity index is 835. The van der Waals surface area contributed by atoms with Crippen LogP contribution in [0, 0.1) is 0 Å². The van der Waals surface area contributed by atoms with Crippen molar-refractivity contribution in [3.05, 3.63) is 59.2 Å². The topological polar surface area (TPSA) is 95.5 Å². The molecule has 0 fully saturated rings. The van der Waals surface area contributed by atoms with Crippen LogP contribution in [-0.4, -0.2) is 28.6 Å². The van der Waals surface area contributed by atoms with Crippen LogP contribution in [0.4, 0.5) is 5.69 Å². The molecule has 0 atom stereocenters. The second-order valence-electron chi connectivity index (χ2n) is 5.24. The third-order valence-electron chi connectivity index (χ3n) is 3.50. The van der Waals surface area contributed by atoms with Crippen molar-refractivity contribution in [2.75, 3.05) is 11.1 Å². The molecule has 2 aromatic rings. The van der Waals surface area contributed by atoms with Gasteiger partial charge in [-0.05, 0) is 35.9 Å². The molecule has 1 aliphatic heterocycles. The zero-order valence-electron chi connectivity index (χ0n) is 12.5. The van der Waals surface area contributed by atoms with Gasteiger partial charge in [0.05, 0.1) is 17.0 Å². The Labute approximate surface area is 142 Å². The normalized spacial score (nSPS) is 12.9. The number of benzene rings is 2. The van der Waals surface area contributed by atoms with Gasteiger partial charge in [-0.25, -0.2) is 4.79 Å². The van der Waals surface area contributed by atoms with Crippen LogP contribution in [0.2, 0.25) is 0 Å². The Balaban J connectivity index is 1.69. The fraction of sp³-hybridized carbons (Fsp3) is 0.118. The molecular formula is C17H14N2O4S. The lowest BCUT2D eigenvalue weighted by Gasteiger charge is -2.17. The van der Waals surface area contributed by atoms with E-state index in [1.54, 1.807) is 30.3 Å². The molecule has 7 heteroatoms. The zero-order valence-corrected chi connectivity index (χ0v) is 13.4. The molecule has 0 radical (unpaired) electrons. The van der Waals surface area contributed by atoms with Gasteiger partial charge in [-0.2, -0.15) is 0 Å². The summed E-state index contributed by atoms with van der Waals surface area (Å²) < 4.78 is 0. The molecule has 0 aliphatic carbocycles. The fourth-order valence-electron chi connectivity index (χ4n) is 2.32. The number of fused-ring (bicyclic) bond motifs is 1. The van der Waals surface area contributed by atoms with Crippen molar-refractivity contribution in [2.24, 2.45) is 0 Å². The Morgan fingerprint density at radius 3 is 2.79 bits per heavy atom. The van der Waals surface area contributed by atoms with Gasteiger partial charge in [0.15, 0.2) is 0 Å². The molecule has 2 aromatic carbocycles. The first-order chi connectivity index (χ1) is 11.5. The number of rotatable bonds is 4. The second-order valence-corrected chi connectivity index (χ2v) is 6.25. The number of carboxylic acids is 1. The first-order valence-electron chi connectivity index (χ1n) is 7.20. The van der Waals surface area contributed by atoms with Gasteiger partial charge < -0.3 is 15.7 Å². The highest BCUT2D eigenvalue weighted by Gasteiger charge is 2.17. The number of carboxylic acid groups (broad SMARTS) is 1. The maximum absolute atomic E-state index is 12.3. The van der Waals surface area contributed by atoms with Crippen molar-refractivity contribution in [2.45, 2.75) is 11.4 Å². The lowest BCUT2D eigenvalue weighted by molar-refractivity contribution is -0.113. The van der Waals surface area contributed by atoms with E-state index in [-0.39, 0.29) is 23.9 Å². The molecule has 0 bridgehead atoms. The van der Waals surface area contributed by atoms with Gasteiger partial charge in [-0.15, -0.1) is 11.8 Å². The summed E-state index contributed by atoms with van der Waals surface area (Å²) >= 11 is 1.43. The van der Waals surface area contributed by atoms with Crippen LogP contribution >= 0.6 is 11.8 Å². The fourth-order valence-corrected chi connectivity index (χ4v) is 3.11. The largest absolute Gasteiger partial charge is 0.478 e. The van der Waals surface area contributed by atoms with Crippen LogP contribution in [0.5, 0.6) is 0 Å². The van der Waals surface area contributed by atoms with Crippen LogP contribution in [0.3, 0.4) is 0 Å². The van der Waals surface area contributed by atoms with Crippen LogP contribution < -0.4 is 10.6 Å². The minimum atomic E-state index is -1.01. The van der Waals surface area contributed by atoms with Crippen molar-refractivity contribution in [3.63, 3.8) is 0 Å². The van der Waals surface area contributed by atoms with Gasteiger partial charge in [0.25, 0.3) is 5.91 Å². The molecule has 0 saturated carbocycles. The van der Waals surface area contributed by atoms with Crippen molar-refractivity contribution in [1.29, 1.82) is 0 Å². The Morgan fingerprint density at radius 1 is 1.17 bits per heavy atom. The quantitative estimate of drug-likeness (QED) is 0.793. The van der Waals surface area contributed by atoms with Crippen molar-refractivity contribution >= 4 is 35.2 Å². The number of anilines is 1. The Kier molecular flexibility index (Phi) is 4.52. The number of carbonyl (C=O) groups excluding carboxylic acids is 2. The highest BCUT2D eigenvalue weighted by molar-refractivity contribution is 8.00. The summed E-state index contributed by atoms with van der Waals surface area (Å²) in [6, 6.07) is 11.5. The number of thioether (sulfide) groups is 1. The number of amides is 2. The van der Waals surface area contributed by atoms with Crippen LogP contribution in [0.15, 0.2) is 47.4 Å². The number of hydrogen-bond acceptors (Lipinski definition) is 4. The van der Waals surface area contributed by atoms with Crippen molar-refractivity contribution in [1.82, 2.24) is 5.32 Å². The number of hydrogen-bond donors (Lipinski definition) is 3. The molecule has 3 rings (SSSR count). The molecule has 2 amide bonds. The predicted molar refractivity (Wildman–Crippen MR) is 90.4 cm³/mol. The molecule has 6 nitrogen and oxygen atoms in total. The Morgan fingerprint density at radius 2 is 2.00 bits per heavy atom. The molecular weight excluding hydrogens is 328 g/mol. The summed E-state index contributed by atoms with van der Waals surface area (Å²) in [6.45, 7) is 0.220. The van der Waals surface area contributed by atoms with Crippen LogP contribution in [0.25, 0.3) is 0 Å². The Hall–Kier alpha value is -2.80. The molecule has 0 spiro atoms. The van der Waals surface area contributed by atoms with E-state index in [0.29, 0.717) is 22.6 Å². The third-order valence-corrected chi connectivity index (χ3v) is 4.58. The van der Waals surface area contributed by atoms with Gasteiger partial charge in [0.2, 0.25) is 5.91 Å². The number of nitrogens with one attached hydrogen (secondary N) is 2. The number of carbonyl (C=O) groups is 3. The van der Waals surface area contributed by atoms with E-state index < -0.39 is 5.97 Å². The van der Waals surface area contributed by atoms with E-state index in [1.165, 1.54) is 23.9 Å². The van der Waals surface area contributed by atoms with Crippen LogP contribution in [0.1, 0.15) is 26.3 Å². The average molecular weight is 342 g/mol. The average Bonchev–Trinajstić information content (AvgIpc) is 2.59. The molecule has 0 saturated heterocycles. The SMILES string of the molecule is O=C1CSc2ccc(C(=O)NCc3cccc(C(=O)O)c3)cc2N1. The van der Waals surface area contributed by atoms with E-state index in [2.05, 4.69) is 10.6 Å². The minimum absolute atomic E-state index is 0.0875. The minimum Gasteiger partial charge on any atom is -0.478 e. The van der Waals surface area contributed by atoms with E-state index in [1.807, 2.05) is 0 Å². The second kappa shape index (κ2) is 6.76. The standard InChI is InChI=1S/C17H14N2O4S/c20-15-9-24-14-5-4-11(7-13(14)19-15)16(21)18-8-10-2-1-3-12(6-10)17(22)23/h1-7H,8-9H2,(H,18,21)(H,19,20)(H,22,23). The molecule has 0 aromatic heterocycles. The van der Waals surface area contributed by atoms with Gasteiger partial charge in [0.1, 0.15) is 0 Å². The van der Waals surface area contributed by atoms with Crippen molar-refractivity contribution in [3.8, 4) is 0 Å². The lowest BCUT2D eigenvalue weighted by atomic mass is 10.1. The van der Waals surface area contributed by atoms with E-state index in [9.17, 15) is 14.4 Å². The first-order valence-corrected chi connectivity index (χ1v) is 8.18. The van der Waals surface area contributed by atoms with Gasteiger partial charge in [-0.1, -0.05) is 12.1 Å². The van der Waals surface area contributed by atoms with Gasteiger partial charge in [0, 0.05) is 17.0 Å². The molecule has 3 N–H and O–H groups in total. The summed E-state index contributed by atoms with van der Waals surface area (Å²) in [5.74, 6) is -1.01. The summed E-state index contributed by atoms with van der Waals surface area (Å²) in [7, 11) is 0. The van der Waals surface area contributed by atoms with E-state index in [0.717, 1.165) is 4.90 Å². The third kappa shape index (κ3) is 3.57. The monoisotopic (exact) mass is 342 g/mol. The first kappa shape index (κ1) is 16.1. The zero-order chi connectivity index (χ0) is 17.1. The maximum Gasteiger partial charge on any atom is 0.335 e. The summed E-state index contributed by atoms with van der Waals surface area (Å²) in [4.78, 5) is 35.6. The highest BCUT2D eigenvalue weighted by atomic mass is 32.2. The van der Waals surface area contributed by atoms with Crippen LogP contribution in [-0.2, 0) is 11.3 Å². The molecule has 122 valence electrons. The van der Waals surface area contributed by atoms with E-state index in [4.69, 9.17) is 5.11 Å². The summed E-state index contributed by atoms with van der Waals surface area (Å²) in [5.41, 5.74) is 1.95. The predicted octanol–water partition coefficient (Wildman–Crippen LogP) is 2.36. The van der Waals surface area contributed by atoms with Gasteiger partial charge >= 0.3 is 5.97 Å².